The summed E-state index contributed by atoms with van der Waals surface area (Å²) in [5.41, 5.74) is 5.98. The SMILES string of the molecule is CC.CC(C)N(P(c1ccco1)c1ccco1)P1[C@@H](c2ccccc2)CC[C@@H]1c1ccccc1. The highest BCUT2D eigenvalue weighted by Crippen LogP contribution is 2.76. The van der Waals surface area contributed by atoms with Gasteiger partial charge in [-0.05, 0) is 70.2 Å². The zero-order valence-electron chi connectivity index (χ0n) is 20.5. The molecule has 34 heavy (non-hydrogen) atoms. The minimum absolute atomic E-state index is 0.359. The molecule has 3 nitrogen and oxygen atoms in total. The maximum absolute atomic E-state index is 6.03. The van der Waals surface area contributed by atoms with E-state index in [1.807, 2.05) is 26.0 Å². The molecular weight excluding hydrogens is 456 g/mol. The molecule has 178 valence electrons. The van der Waals surface area contributed by atoms with Crippen LogP contribution in [0.15, 0.2) is 106 Å². The molecule has 3 heterocycles. The van der Waals surface area contributed by atoms with Crippen molar-refractivity contribution in [3.63, 3.8) is 0 Å². The van der Waals surface area contributed by atoms with Crippen molar-refractivity contribution >= 4 is 27.1 Å². The van der Waals surface area contributed by atoms with Gasteiger partial charge in [-0.1, -0.05) is 74.5 Å². The molecule has 2 aromatic carbocycles. The first kappa shape index (κ1) is 24.9. The quantitative estimate of drug-likeness (QED) is 0.242. The van der Waals surface area contributed by atoms with E-state index in [2.05, 4.69) is 91.1 Å². The Kier molecular flexibility index (Phi) is 8.79. The van der Waals surface area contributed by atoms with Crippen LogP contribution in [0.5, 0.6) is 0 Å². The topological polar surface area (TPSA) is 29.5 Å². The smallest absolute Gasteiger partial charge is 0.148 e. The van der Waals surface area contributed by atoms with Gasteiger partial charge < -0.3 is 8.83 Å². The lowest BCUT2D eigenvalue weighted by molar-refractivity contribution is 0.543. The van der Waals surface area contributed by atoms with Crippen molar-refractivity contribution in [2.75, 3.05) is 0 Å². The van der Waals surface area contributed by atoms with Gasteiger partial charge in [-0.15, -0.1) is 0 Å². The minimum atomic E-state index is -0.896. The Morgan fingerprint density at radius 2 is 1.15 bits per heavy atom. The zero-order valence-corrected chi connectivity index (χ0v) is 22.3. The van der Waals surface area contributed by atoms with E-state index >= 15 is 0 Å². The first-order chi connectivity index (χ1) is 16.7. The summed E-state index contributed by atoms with van der Waals surface area (Å²) >= 11 is 0. The summed E-state index contributed by atoms with van der Waals surface area (Å²) in [6.07, 6.45) is 5.99. The Hall–Kier alpha value is -2.18. The van der Waals surface area contributed by atoms with Gasteiger partial charge in [0.15, 0.2) is 0 Å². The van der Waals surface area contributed by atoms with Gasteiger partial charge in [0, 0.05) is 17.4 Å². The summed E-state index contributed by atoms with van der Waals surface area (Å²) in [7, 11) is -1.43. The lowest BCUT2D eigenvalue weighted by atomic mass is 10.0. The number of hydrogen-bond donors (Lipinski definition) is 0. The molecule has 0 radical (unpaired) electrons. The van der Waals surface area contributed by atoms with Gasteiger partial charge in [-0.25, -0.2) is 4.44 Å². The van der Waals surface area contributed by atoms with Gasteiger partial charge >= 0.3 is 0 Å². The summed E-state index contributed by atoms with van der Waals surface area (Å²) in [4.78, 5) is 0. The Morgan fingerprint density at radius 1 is 0.706 bits per heavy atom. The van der Waals surface area contributed by atoms with Crippen LogP contribution >= 0.6 is 16.1 Å². The van der Waals surface area contributed by atoms with Crippen LogP contribution in [0.3, 0.4) is 0 Å². The van der Waals surface area contributed by atoms with Crippen LogP contribution in [0.1, 0.15) is 63.0 Å². The largest absolute Gasteiger partial charge is 0.463 e. The highest BCUT2D eigenvalue weighted by molar-refractivity contribution is 7.79. The molecule has 2 aromatic heterocycles. The van der Waals surface area contributed by atoms with E-state index < -0.39 is 16.1 Å². The third-order valence-electron chi connectivity index (χ3n) is 6.05. The molecule has 5 heteroatoms. The molecule has 1 aliphatic heterocycles. The monoisotopic (exact) mass is 491 g/mol. The van der Waals surface area contributed by atoms with E-state index in [9.17, 15) is 0 Å². The average molecular weight is 492 g/mol. The van der Waals surface area contributed by atoms with Gasteiger partial charge in [0.05, 0.1) is 12.5 Å². The van der Waals surface area contributed by atoms with Crippen LogP contribution in [0, 0.1) is 0 Å². The van der Waals surface area contributed by atoms with Gasteiger partial charge in [-0.2, -0.15) is 0 Å². The molecule has 1 saturated heterocycles. The van der Waals surface area contributed by atoms with Crippen LogP contribution in [0.4, 0.5) is 0 Å². The van der Waals surface area contributed by atoms with Crippen molar-refractivity contribution in [2.24, 2.45) is 0 Å². The van der Waals surface area contributed by atoms with Crippen molar-refractivity contribution in [3.05, 3.63) is 109 Å². The fourth-order valence-electron chi connectivity index (χ4n) is 4.76. The van der Waals surface area contributed by atoms with E-state index in [1.54, 1.807) is 12.5 Å². The summed E-state index contributed by atoms with van der Waals surface area (Å²) in [5.74, 6) is 0. The number of benzene rings is 2. The molecule has 0 unspecified atom stereocenters. The second kappa shape index (κ2) is 12.0. The molecule has 5 rings (SSSR count). The molecule has 0 spiro atoms. The molecule has 1 fully saturated rings. The molecule has 0 aliphatic carbocycles. The lowest BCUT2D eigenvalue weighted by Gasteiger charge is -2.43. The van der Waals surface area contributed by atoms with Crippen LogP contribution in [-0.2, 0) is 0 Å². The average Bonchev–Trinajstić information content (AvgIpc) is 3.67. The second-order valence-electron chi connectivity index (χ2n) is 8.44. The fourth-order valence-corrected chi connectivity index (χ4v) is 12.0. The summed E-state index contributed by atoms with van der Waals surface area (Å²) < 4.78 is 14.8. The Balaban J connectivity index is 0.00000133. The fraction of sp³-hybridized carbons (Fsp3) is 0.310. The minimum Gasteiger partial charge on any atom is -0.463 e. The number of nitrogens with zero attached hydrogens (tertiary/aromatic N) is 1. The molecule has 0 N–H and O–H groups in total. The summed E-state index contributed by atoms with van der Waals surface area (Å²) in [6.45, 7) is 8.65. The highest BCUT2D eigenvalue weighted by atomic mass is 31.2. The molecule has 0 bridgehead atoms. The first-order valence-electron chi connectivity index (χ1n) is 12.3. The predicted molar refractivity (Wildman–Crippen MR) is 146 cm³/mol. The Morgan fingerprint density at radius 3 is 1.50 bits per heavy atom. The predicted octanol–water partition coefficient (Wildman–Crippen LogP) is 8.63. The molecule has 0 amide bonds. The standard InChI is InChI=1S/C27H29NO2P2.C2H6/c1-21(2)28(32(26-15-9-19-29-26)27-16-10-20-30-27)31-24(22-11-5-3-6-12-22)17-18-25(31)23-13-7-4-8-14-23;1-2/h3-16,19-21,24-25H,17-18H2,1-2H3;1-2H3/t24-,25-;/m1./s1. The zero-order chi connectivity index (χ0) is 23.9. The van der Waals surface area contributed by atoms with Crippen LogP contribution in [0.25, 0.3) is 0 Å². The maximum atomic E-state index is 6.03. The van der Waals surface area contributed by atoms with Gasteiger partial charge in [0.25, 0.3) is 0 Å². The lowest BCUT2D eigenvalue weighted by Crippen LogP contribution is -2.30. The molecule has 0 saturated carbocycles. The Bertz CT molecular complexity index is 1000. The normalized spacial score (nSPS) is 18.4. The van der Waals surface area contributed by atoms with Crippen LogP contribution in [-0.4, -0.2) is 10.5 Å². The van der Waals surface area contributed by atoms with E-state index in [0.717, 1.165) is 11.0 Å². The highest BCUT2D eigenvalue weighted by Gasteiger charge is 2.46. The molecule has 1 aliphatic rings. The first-order valence-corrected chi connectivity index (χ1v) is 15.0. The van der Waals surface area contributed by atoms with Crippen LogP contribution < -0.4 is 11.0 Å². The van der Waals surface area contributed by atoms with E-state index in [0.29, 0.717) is 17.4 Å². The number of furan rings is 2. The van der Waals surface area contributed by atoms with Gasteiger partial charge in [0.2, 0.25) is 0 Å². The van der Waals surface area contributed by atoms with E-state index in [4.69, 9.17) is 8.83 Å². The van der Waals surface area contributed by atoms with Gasteiger partial charge in [-0.3, -0.25) is 0 Å². The van der Waals surface area contributed by atoms with Crippen LogP contribution in [0.2, 0.25) is 0 Å². The van der Waals surface area contributed by atoms with Crippen molar-refractivity contribution in [1.82, 2.24) is 4.44 Å². The van der Waals surface area contributed by atoms with E-state index in [1.165, 1.54) is 24.0 Å². The number of rotatable bonds is 7. The van der Waals surface area contributed by atoms with Crippen molar-refractivity contribution in [1.29, 1.82) is 0 Å². The van der Waals surface area contributed by atoms with Crippen molar-refractivity contribution < 1.29 is 8.83 Å². The second-order valence-corrected chi connectivity index (χ2v) is 13.1. The third-order valence-corrected chi connectivity index (χ3v) is 12.8. The maximum Gasteiger partial charge on any atom is 0.148 e. The third kappa shape index (κ3) is 5.23. The number of hydrogen-bond acceptors (Lipinski definition) is 3. The van der Waals surface area contributed by atoms with Crippen molar-refractivity contribution in [2.45, 2.75) is 57.9 Å². The molecule has 4 aromatic rings. The van der Waals surface area contributed by atoms with Gasteiger partial charge in [0.1, 0.15) is 19.1 Å². The van der Waals surface area contributed by atoms with Crippen molar-refractivity contribution in [3.8, 4) is 0 Å². The van der Waals surface area contributed by atoms with E-state index in [-0.39, 0.29) is 0 Å². The molecular formula is C29H35NO2P2. The Labute approximate surface area is 206 Å². The molecule has 2 atom stereocenters. The summed E-state index contributed by atoms with van der Waals surface area (Å²) in [6, 6.07) is 30.8. The summed E-state index contributed by atoms with van der Waals surface area (Å²) in [5, 5.41) is 0.